The highest BCUT2D eigenvalue weighted by molar-refractivity contribution is 7.25. The molecule has 0 radical (unpaired) electrons. The Hall–Kier alpha value is -5.97. The van der Waals surface area contributed by atoms with Crippen molar-refractivity contribution in [3.05, 3.63) is 170 Å². The summed E-state index contributed by atoms with van der Waals surface area (Å²) in [5.74, 6) is 0.644. The lowest BCUT2D eigenvalue weighted by Crippen LogP contribution is -2.11. The molecule has 0 saturated carbocycles. The van der Waals surface area contributed by atoms with Crippen LogP contribution < -0.4 is 4.90 Å². The van der Waals surface area contributed by atoms with Gasteiger partial charge in [-0.25, -0.2) is 4.98 Å². The first-order chi connectivity index (χ1) is 23.3. The van der Waals surface area contributed by atoms with Crippen LogP contribution in [0.3, 0.4) is 0 Å². The number of para-hydroxylation sites is 1. The van der Waals surface area contributed by atoms with E-state index in [1.165, 1.54) is 42.4 Å². The number of anilines is 3. The van der Waals surface area contributed by atoms with Crippen molar-refractivity contribution >= 4 is 59.7 Å². The normalized spacial score (nSPS) is 11.4. The van der Waals surface area contributed by atoms with Gasteiger partial charge in [-0.05, 0) is 71.3 Å². The van der Waals surface area contributed by atoms with E-state index < -0.39 is 0 Å². The van der Waals surface area contributed by atoms with Crippen molar-refractivity contribution in [3.8, 4) is 33.7 Å². The van der Waals surface area contributed by atoms with Gasteiger partial charge in [-0.1, -0.05) is 109 Å². The molecule has 9 aromatic rings. The Kier molecular flexibility index (Phi) is 6.65. The third-order valence-corrected chi connectivity index (χ3v) is 9.84. The maximum Gasteiger partial charge on any atom is 0.227 e. The molecule has 3 nitrogen and oxygen atoms in total. The van der Waals surface area contributed by atoms with Crippen LogP contribution in [0, 0.1) is 0 Å². The van der Waals surface area contributed by atoms with Crippen molar-refractivity contribution in [1.29, 1.82) is 0 Å². The molecule has 4 heteroatoms. The Bertz CT molecular complexity index is 2500. The van der Waals surface area contributed by atoms with Crippen LogP contribution in [0.15, 0.2) is 174 Å². The van der Waals surface area contributed by atoms with Gasteiger partial charge in [0.05, 0.1) is 5.69 Å². The fourth-order valence-corrected chi connectivity index (χ4v) is 7.52. The molecule has 0 aliphatic rings. The zero-order valence-corrected chi connectivity index (χ0v) is 26.2. The van der Waals surface area contributed by atoms with E-state index in [2.05, 4.69) is 144 Å². The summed E-state index contributed by atoms with van der Waals surface area (Å²) in [6, 6.07) is 59.9. The summed E-state index contributed by atoms with van der Waals surface area (Å²) in [6.45, 7) is 0. The van der Waals surface area contributed by atoms with E-state index in [0.29, 0.717) is 5.89 Å². The topological polar surface area (TPSA) is 29.3 Å². The predicted octanol–water partition coefficient (Wildman–Crippen LogP) is 12.7. The van der Waals surface area contributed by atoms with Crippen molar-refractivity contribution < 1.29 is 4.42 Å². The van der Waals surface area contributed by atoms with Crippen LogP contribution >= 0.6 is 11.3 Å². The fourth-order valence-electron chi connectivity index (χ4n) is 6.42. The standard InChI is InChI=1S/C43H28N2OS/c1-4-12-29(13-5-1)30-20-22-33(23-21-30)45(39-19-11-10-18-35(39)31-14-6-2-7-15-31)34-24-25-41-36(26-34)37-27-38-40(28-42(37)47-41)46-43(44-38)32-16-8-3-9-17-32/h1-28H. The quantitative estimate of drug-likeness (QED) is 0.185. The molecule has 222 valence electrons. The number of benzene rings is 7. The Morgan fingerprint density at radius 2 is 1.06 bits per heavy atom. The van der Waals surface area contributed by atoms with Crippen LogP contribution in [0.5, 0.6) is 0 Å². The first kappa shape index (κ1) is 27.3. The Labute approximate surface area is 276 Å². The molecular formula is C43H28N2OS. The van der Waals surface area contributed by atoms with Gasteiger partial charge in [0.2, 0.25) is 5.89 Å². The van der Waals surface area contributed by atoms with Gasteiger partial charge < -0.3 is 9.32 Å². The number of nitrogens with zero attached hydrogens (tertiary/aromatic N) is 2. The maximum absolute atomic E-state index is 6.22. The second-order valence-corrected chi connectivity index (χ2v) is 12.7. The Morgan fingerprint density at radius 1 is 0.468 bits per heavy atom. The summed E-state index contributed by atoms with van der Waals surface area (Å²) >= 11 is 1.79. The van der Waals surface area contributed by atoms with Crippen LogP contribution in [-0.2, 0) is 0 Å². The van der Waals surface area contributed by atoms with Crippen molar-refractivity contribution in [1.82, 2.24) is 4.98 Å². The molecule has 0 aliphatic heterocycles. The van der Waals surface area contributed by atoms with E-state index in [0.717, 1.165) is 33.7 Å². The molecule has 0 N–H and O–H groups in total. The van der Waals surface area contributed by atoms with Gasteiger partial charge in [0.1, 0.15) is 5.52 Å². The van der Waals surface area contributed by atoms with Crippen LogP contribution in [0.25, 0.3) is 65.0 Å². The van der Waals surface area contributed by atoms with Gasteiger partial charge in [0, 0.05) is 48.7 Å². The van der Waals surface area contributed by atoms with Gasteiger partial charge in [-0.2, -0.15) is 0 Å². The van der Waals surface area contributed by atoms with Crippen molar-refractivity contribution in [2.24, 2.45) is 0 Å². The third kappa shape index (κ3) is 4.96. The smallest absolute Gasteiger partial charge is 0.227 e. The number of fused-ring (bicyclic) bond motifs is 4. The molecule has 0 amide bonds. The average Bonchev–Trinajstić information content (AvgIpc) is 3.73. The van der Waals surface area contributed by atoms with Gasteiger partial charge in [0.25, 0.3) is 0 Å². The van der Waals surface area contributed by atoms with E-state index in [-0.39, 0.29) is 0 Å². The van der Waals surface area contributed by atoms with Gasteiger partial charge in [-0.3, -0.25) is 0 Å². The monoisotopic (exact) mass is 620 g/mol. The first-order valence-corrected chi connectivity index (χ1v) is 16.5. The van der Waals surface area contributed by atoms with Gasteiger partial charge in [0.15, 0.2) is 5.58 Å². The molecule has 9 rings (SSSR count). The largest absolute Gasteiger partial charge is 0.436 e. The van der Waals surface area contributed by atoms with Crippen molar-refractivity contribution in [2.45, 2.75) is 0 Å². The molecule has 47 heavy (non-hydrogen) atoms. The van der Waals surface area contributed by atoms with E-state index in [1.807, 2.05) is 30.3 Å². The molecule has 0 aliphatic carbocycles. The number of aromatic nitrogens is 1. The van der Waals surface area contributed by atoms with Gasteiger partial charge >= 0.3 is 0 Å². The number of oxazole rings is 1. The number of rotatable bonds is 6. The third-order valence-electron chi connectivity index (χ3n) is 8.70. The summed E-state index contributed by atoms with van der Waals surface area (Å²) in [7, 11) is 0. The summed E-state index contributed by atoms with van der Waals surface area (Å²) < 4.78 is 8.64. The van der Waals surface area contributed by atoms with Crippen LogP contribution in [0.2, 0.25) is 0 Å². The molecular weight excluding hydrogens is 593 g/mol. The number of hydrogen-bond acceptors (Lipinski definition) is 4. The highest BCUT2D eigenvalue weighted by Gasteiger charge is 2.19. The predicted molar refractivity (Wildman–Crippen MR) is 198 cm³/mol. The minimum absolute atomic E-state index is 0.644. The number of hydrogen-bond donors (Lipinski definition) is 0. The molecule has 2 aromatic heterocycles. The van der Waals surface area contributed by atoms with E-state index in [4.69, 9.17) is 9.40 Å². The summed E-state index contributed by atoms with van der Waals surface area (Å²) in [4.78, 5) is 7.26. The lowest BCUT2D eigenvalue weighted by molar-refractivity contribution is 0.620. The number of thiophene rings is 1. The SMILES string of the molecule is c1ccc(-c2ccc(N(c3ccc4sc5cc6oc(-c7ccccc7)nc6cc5c4c3)c3ccccc3-c3ccccc3)cc2)cc1. The highest BCUT2D eigenvalue weighted by atomic mass is 32.1. The van der Waals surface area contributed by atoms with Crippen molar-refractivity contribution in [3.63, 3.8) is 0 Å². The van der Waals surface area contributed by atoms with Crippen molar-refractivity contribution in [2.75, 3.05) is 4.90 Å². The summed E-state index contributed by atoms with van der Waals surface area (Å²) in [6.07, 6.45) is 0. The average molecular weight is 621 g/mol. The van der Waals surface area contributed by atoms with Crippen LogP contribution in [-0.4, -0.2) is 4.98 Å². The lowest BCUT2D eigenvalue weighted by Gasteiger charge is -2.28. The fraction of sp³-hybridized carbons (Fsp3) is 0. The minimum atomic E-state index is 0.644. The van der Waals surface area contributed by atoms with Gasteiger partial charge in [-0.15, -0.1) is 11.3 Å². The molecule has 2 heterocycles. The zero-order valence-electron chi connectivity index (χ0n) is 25.4. The minimum Gasteiger partial charge on any atom is -0.436 e. The molecule has 0 bridgehead atoms. The lowest BCUT2D eigenvalue weighted by atomic mass is 10.0. The Balaban J connectivity index is 1.21. The van der Waals surface area contributed by atoms with Crippen LogP contribution in [0.4, 0.5) is 17.1 Å². The zero-order chi connectivity index (χ0) is 31.2. The molecule has 0 fully saturated rings. The molecule has 0 saturated heterocycles. The van der Waals surface area contributed by atoms with E-state index in [1.54, 1.807) is 11.3 Å². The van der Waals surface area contributed by atoms with E-state index >= 15 is 0 Å². The summed E-state index contributed by atoms with van der Waals surface area (Å²) in [5, 5.41) is 2.39. The second kappa shape index (κ2) is 11.4. The Morgan fingerprint density at radius 3 is 1.81 bits per heavy atom. The van der Waals surface area contributed by atoms with Crippen LogP contribution in [0.1, 0.15) is 0 Å². The highest BCUT2D eigenvalue weighted by Crippen LogP contribution is 2.44. The maximum atomic E-state index is 6.22. The second-order valence-electron chi connectivity index (χ2n) is 11.6. The molecule has 0 atom stereocenters. The molecule has 7 aromatic carbocycles. The molecule has 0 spiro atoms. The summed E-state index contributed by atoms with van der Waals surface area (Å²) in [5.41, 5.74) is 10.7. The first-order valence-electron chi connectivity index (χ1n) is 15.7. The van der Waals surface area contributed by atoms with E-state index in [9.17, 15) is 0 Å². The molecule has 0 unspecified atom stereocenters.